The lowest BCUT2D eigenvalue weighted by atomic mass is 10.3. The monoisotopic (exact) mass is 335 g/mol. The predicted octanol–water partition coefficient (Wildman–Crippen LogP) is 3.84. The highest BCUT2D eigenvalue weighted by molar-refractivity contribution is 7.99. The molecule has 118 valence electrons. The molecule has 0 bridgehead atoms. The molecule has 5 heteroatoms. The number of nitrogens with one attached hydrogen (secondary N) is 2. The van der Waals surface area contributed by atoms with Gasteiger partial charge in [0.05, 0.1) is 0 Å². The summed E-state index contributed by atoms with van der Waals surface area (Å²) in [6.45, 7) is 3.41. The van der Waals surface area contributed by atoms with Crippen molar-refractivity contribution in [2.45, 2.75) is 16.2 Å². The zero-order chi connectivity index (χ0) is 15.6. The van der Waals surface area contributed by atoms with E-state index in [1.54, 1.807) is 11.8 Å². The third kappa shape index (κ3) is 5.89. The number of anilines is 1. The zero-order valence-electron chi connectivity index (χ0n) is 12.5. The maximum Gasteiger partial charge on any atom is 0.0496 e. The number of hydrogen-bond acceptors (Lipinski definition) is 4. The highest BCUT2D eigenvalue weighted by Gasteiger charge is 2.05. The molecule has 0 saturated heterocycles. The predicted molar refractivity (Wildman–Crippen MR) is 97.0 cm³/mol. The maximum atomic E-state index is 6.13. The Bertz CT molecular complexity index is 563. The van der Waals surface area contributed by atoms with Gasteiger partial charge in [-0.3, -0.25) is 0 Å². The Morgan fingerprint density at radius 3 is 2.59 bits per heavy atom. The summed E-state index contributed by atoms with van der Waals surface area (Å²) in [5.41, 5.74) is 6.53. The topological polar surface area (TPSA) is 50.1 Å². The van der Waals surface area contributed by atoms with Gasteiger partial charge in [0.1, 0.15) is 0 Å². The van der Waals surface area contributed by atoms with E-state index in [-0.39, 0.29) is 0 Å². The molecule has 2 aromatic carbocycles. The minimum atomic E-state index is 0.680. The van der Waals surface area contributed by atoms with Crippen molar-refractivity contribution < 1.29 is 0 Å². The minimum absolute atomic E-state index is 0.680. The number of nitrogens with two attached hydrogens (primary N) is 1. The van der Waals surface area contributed by atoms with Crippen molar-refractivity contribution in [3.8, 4) is 0 Å². The molecule has 0 aliphatic rings. The number of rotatable bonds is 9. The largest absolute Gasteiger partial charge is 0.384 e. The van der Waals surface area contributed by atoms with Gasteiger partial charge in [0.15, 0.2) is 0 Å². The van der Waals surface area contributed by atoms with Gasteiger partial charge in [-0.05, 0) is 43.3 Å². The van der Waals surface area contributed by atoms with Crippen molar-refractivity contribution in [1.82, 2.24) is 5.32 Å². The van der Waals surface area contributed by atoms with Crippen molar-refractivity contribution in [3.05, 3.63) is 53.6 Å². The first-order valence-corrected chi connectivity index (χ1v) is 8.66. The van der Waals surface area contributed by atoms with Gasteiger partial charge in [-0.25, -0.2) is 0 Å². The van der Waals surface area contributed by atoms with Gasteiger partial charge < -0.3 is 16.4 Å². The molecule has 0 aromatic heterocycles. The van der Waals surface area contributed by atoms with Gasteiger partial charge in [0.2, 0.25) is 0 Å². The molecule has 2 aromatic rings. The summed E-state index contributed by atoms with van der Waals surface area (Å²) in [6.07, 6.45) is 1.04. The Morgan fingerprint density at radius 2 is 1.82 bits per heavy atom. The van der Waals surface area contributed by atoms with E-state index in [2.05, 4.69) is 41.0 Å². The van der Waals surface area contributed by atoms with E-state index >= 15 is 0 Å². The molecular formula is C17H22ClN3S. The molecule has 2 rings (SSSR count). The highest BCUT2D eigenvalue weighted by Crippen LogP contribution is 2.34. The lowest BCUT2D eigenvalue weighted by Crippen LogP contribution is -2.24. The molecule has 0 radical (unpaired) electrons. The van der Waals surface area contributed by atoms with Gasteiger partial charge >= 0.3 is 0 Å². The van der Waals surface area contributed by atoms with Crippen LogP contribution in [0.5, 0.6) is 0 Å². The number of hydrogen-bond donors (Lipinski definition) is 3. The Kier molecular flexibility index (Phi) is 7.60. The van der Waals surface area contributed by atoms with Crippen molar-refractivity contribution in [2.75, 3.05) is 31.5 Å². The van der Waals surface area contributed by atoms with Crippen molar-refractivity contribution in [1.29, 1.82) is 0 Å². The molecule has 0 spiro atoms. The molecule has 0 amide bonds. The average Bonchev–Trinajstić information content (AvgIpc) is 2.54. The van der Waals surface area contributed by atoms with E-state index in [0.29, 0.717) is 6.54 Å². The fourth-order valence-corrected chi connectivity index (χ4v) is 3.10. The van der Waals surface area contributed by atoms with Crippen LogP contribution in [0.15, 0.2) is 58.3 Å². The SMILES string of the molecule is NCCNCCCNc1cc(Cl)ccc1Sc1ccccc1. The Labute approximate surface area is 141 Å². The lowest BCUT2D eigenvalue weighted by molar-refractivity contribution is 0.666. The third-order valence-electron chi connectivity index (χ3n) is 3.08. The van der Waals surface area contributed by atoms with E-state index in [4.69, 9.17) is 17.3 Å². The lowest BCUT2D eigenvalue weighted by Gasteiger charge is -2.12. The minimum Gasteiger partial charge on any atom is -0.384 e. The van der Waals surface area contributed by atoms with Crippen LogP contribution in [-0.2, 0) is 0 Å². The molecule has 0 saturated carbocycles. The van der Waals surface area contributed by atoms with E-state index < -0.39 is 0 Å². The first-order valence-electron chi connectivity index (χ1n) is 7.46. The van der Waals surface area contributed by atoms with E-state index in [0.717, 1.165) is 36.8 Å². The fraction of sp³-hybridized carbons (Fsp3) is 0.294. The van der Waals surface area contributed by atoms with Gasteiger partial charge in [-0.15, -0.1) is 0 Å². The summed E-state index contributed by atoms with van der Waals surface area (Å²) >= 11 is 7.87. The van der Waals surface area contributed by atoms with Crippen LogP contribution in [0, 0.1) is 0 Å². The quantitative estimate of drug-likeness (QED) is 0.609. The van der Waals surface area contributed by atoms with Crippen molar-refractivity contribution >= 4 is 29.1 Å². The van der Waals surface area contributed by atoms with Crippen molar-refractivity contribution in [3.63, 3.8) is 0 Å². The number of benzene rings is 2. The van der Waals surface area contributed by atoms with Crippen LogP contribution >= 0.6 is 23.4 Å². The molecular weight excluding hydrogens is 314 g/mol. The van der Waals surface area contributed by atoms with Gasteiger partial charge in [0.25, 0.3) is 0 Å². The van der Waals surface area contributed by atoms with Gasteiger partial charge in [0, 0.05) is 40.1 Å². The molecule has 0 aliphatic heterocycles. The van der Waals surface area contributed by atoms with Crippen LogP contribution in [-0.4, -0.2) is 26.2 Å². The summed E-state index contributed by atoms with van der Waals surface area (Å²) < 4.78 is 0. The molecule has 0 unspecified atom stereocenters. The second kappa shape index (κ2) is 9.74. The normalized spacial score (nSPS) is 10.6. The van der Waals surface area contributed by atoms with Crippen LogP contribution in [0.3, 0.4) is 0 Å². The van der Waals surface area contributed by atoms with E-state index in [9.17, 15) is 0 Å². The molecule has 0 fully saturated rings. The number of halogens is 1. The Hall–Kier alpha value is -1.20. The summed E-state index contributed by atoms with van der Waals surface area (Å²) in [5.74, 6) is 0. The Morgan fingerprint density at radius 1 is 1.00 bits per heavy atom. The summed E-state index contributed by atoms with van der Waals surface area (Å²) in [4.78, 5) is 2.41. The van der Waals surface area contributed by atoms with Gasteiger partial charge in [-0.2, -0.15) is 0 Å². The zero-order valence-corrected chi connectivity index (χ0v) is 14.1. The van der Waals surface area contributed by atoms with E-state index in [1.165, 1.54) is 9.79 Å². The summed E-state index contributed by atoms with van der Waals surface area (Å²) in [5, 5.41) is 7.52. The summed E-state index contributed by atoms with van der Waals surface area (Å²) in [6, 6.07) is 16.3. The first-order chi connectivity index (χ1) is 10.8. The van der Waals surface area contributed by atoms with Crippen LogP contribution in [0.25, 0.3) is 0 Å². The average molecular weight is 336 g/mol. The summed E-state index contributed by atoms with van der Waals surface area (Å²) in [7, 11) is 0. The second-order valence-corrected chi connectivity index (χ2v) is 6.43. The molecule has 4 N–H and O–H groups in total. The molecule has 0 atom stereocenters. The third-order valence-corrected chi connectivity index (χ3v) is 4.40. The van der Waals surface area contributed by atoms with Crippen LogP contribution in [0.1, 0.15) is 6.42 Å². The fourth-order valence-electron chi connectivity index (χ4n) is 2.01. The Balaban J connectivity index is 1.93. The molecule has 22 heavy (non-hydrogen) atoms. The van der Waals surface area contributed by atoms with Crippen LogP contribution in [0.2, 0.25) is 5.02 Å². The van der Waals surface area contributed by atoms with Gasteiger partial charge in [-0.1, -0.05) is 41.6 Å². The van der Waals surface area contributed by atoms with Crippen molar-refractivity contribution in [2.24, 2.45) is 5.73 Å². The smallest absolute Gasteiger partial charge is 0.0496 e. The van der Waals surface area contributed by atoms with E-state index in [1.807, 2.05) is 18.2 Å². The molecule has 3 nitrogen and oxygen atoms in total. The highest BCUT2D eigenvalue weighted by atomic mass is 35.5. The van der Waals surface area contributed by atoms with Crippen LogP contribution in [0.4, 0.5) is 5.69 Å². The second-order valence-electron chi connectivity index (χ2n) is 4.87. The maximum absolute atomic E-state index is 6.13. The first kappa shape index (κ1) is 17.2. The van der Waals surface area contributed by atoms with Crippen LogP contribution < -0.4 is 16.4 Å². The molecule has 0 aliphatic carbocycles. The standard InChI is InChI=1S/C17H22ClN3S/c18-14-7-8-17(22-15-5-2-1-3-6-15)16(13-14)21-11-4-10-20-12-9-19/h1-3,5-8,13,20-21H,4,9-12,19H2. The molecule has 0 heterocycles.